The minimum atomic E-state index is 0.213. The highest BCUT2D eigenvalue weighted by Gasteiger charge is 2.25. The molecular formula is C28H25ClN2O2. The van der Waals surface area contributed by atoms with E-state index in [4.69, 9.17) is 16.3 Å². The van der Waals surface area contributed by atoms with Gasteiger partial charge in [-0.3, -0.25) is 4.90 Å². The first-order valence-corrected chi connectivity index (χ1v) is 11.6. The van der Waals surface area contributed by atoms with Crippen LogP contribution in [0.1, 0.15) is 29.7 Å². The second-order valence-electron chi connectivity index (χ2n) is 8.44. The maximum absolute atomic E-state index is 9.54. The molecule has 1 saturated heterocycles. The van der Waals surface area contributed by atoms with Crippen LogP contribution in [0, 0.1) is 11.8 Å². The molecule has 0 aliphatic carbocycles. The van der Waals surface area contributed by atoms with Crippen molar-refractivity contribution in [1.29, 1.82) is 0 Å². The molecule has 1 aromatic heterocycles. The van der Waals surface area contributed by atoms with Crippen LogP contribution in [-0.4, -0.2) is 40.7 Å². The van der Waals surface area contributed by atoms with Crippen molar-refractivity contribution < 1.29 is 9.84 Å². The molecule has 0 unspecified atom stereocenters. The maximum Gasteiger partial charge on any atom is 0.130 e. The van der Waals surface area contributed by atoms with E-state index in [1.807, 2.05) is 54.7 Å². The lowest BCUT2D eigenvalue weighted by Gasteiger charge is -2.26. The van der Waals surface area contributed by atoms with Crippen molar-refractivity contribution in [2.75, 3.05) is 19.7 Å². The number of likely N-dealkylation sites (tertiary alicyclic amines) is 1. The number of benzene rings is 2. The van der Waals surface area contributed by atoms with Crippen LogP contribution in [0.2, 0.25) is 5.02 Å². The minimum absolute atomic E-state index is 0.213. The molecule has 0 amide bonds. The van der Waals surface area contributed by atoms with Gasteiger partial charge in [0, 0.05) is 28.4 Å². The number of ether oxygens (including phenoxy) is 1. The molecule has 1 atom stereocenters. The second-order valence-corrected chi connectivity index (χ2v) is 8.87. The fourth-order valence-electron chi connectivity index (χ4n) is 4.35. The summed E-state index contributed by atoms with van der Waals surface area (Å²) in [5.41, 5.74) is 4.91. The quantitative estimate of drug-likeness (QED) is 0.556. The van der Waals surface area contributed by atoms with Crippen LogP contribution in [-0.2, 0) is 6.42 Å². The van der Waals surface area contributed by atoms with Crippen LogP contribution in [0.25, 0.3) is 11.1 Å². The third-order valence-electron chi connectivity index (χ3n) is 6.20. The molecule has 0 spiro atoms. The SMILES string of the molecule is OC[C@@H]1CCCN1CC1=CCc2cc(C#Cc3ccc(-c4ccc(Cl)cc4)cn3)ccc2O1. The van der Waals surface area contributed by atoms with Gasteiger partial charge < -0.3 is 9.84 Å². The Kier molecular flexibility index (Phi) is 6.46. The summed E-state index contributed by atoms with van der Waals surface area (Å²) in [6.45, 7) is 1.98. The van der Waals surface area contributed by atoms with Crippen LogP contribution in [0.3, 0.4) is 0 Å². The lowest BCUT2D eigenvalue weighted by molar-refractivity contribution is 0.156. The third kappa shape index (κ3) is 5.12. The molecule has 166 valence electrons. The van der Waals surface area contributed by atoms with Gasteiger partial charge in [0.05, 0.1) is 13.2 Å². The number of aliphatic hydroxyl groups is 1. The molecule has 0 saturated carbocycles. The summed E-state index contributed by atoms with van der Waals surface area (Å²) < 4.78 is 6.14. The topological polar surface area (TPSA) is 45.6 Å². The molecule has 1 N–H and O–H groups in total. The number of rotatable bonds is 4. The van der Waals surface area contributed by atoms with E-state index < -0.39 is 0 Å². The molecule has 33 heavy (non-hydrogen) atoms. The second kappa shape index (κ2) is 9.80. The first-order chi connectivity index (χ1) is 16.2. The lowest BCUT2D eigenvalue weighted by Crippen LogP contribution is -2.35. The molecule has 1 fully saturated rings. The molecule has 5 rings (SSSR count). The van der Waals surface area contributed by atoms with Crippen LogP contribution in [0.5, 0.6) is 5.75 Å². The van der Waals surface area contributed by atoms with Crippen molar-refractivity contribution in [3.63, 3.8) is 0 Å². The van der Waals surface area contributed by atoms with Gasteiger partial charge in [0.15, 0.2) is 0 Å². The van der Waals surface area contributed by atoms with Gasteiger partial charge in [-0.15, -0.1) is 0 Å². The van der Waals surface area contributed by atoms with Gasteiger partial charge in [0.1, 0.15) is 17.2 Å². The Morgan fingerprint density at radius 2 is 1.91 bits per heavy atom. The number of hydrogen-bond acceptors (Lipinski definition) is 4. The van der Waals surface area contributed by atoms with Crippen molar-refractivity contribution in [3.8, 4) is 28.7 Å². The summed E-state index contributed by atoms with van der Waals surface area (Å²) in [5.74, 6) is 8.23. The largest absolute Gasteiger partial charge is 0.460 e. The molecular weight excluding hydrogens is 432 g/mol. The predicted molar refractivity (Wildman–Crippen MR) is 131 cm³/mol. The number of halogens is 1. The zero-order valence-corrected chi connectivity index (χ0v) is 19.1. The Balaban J connectivity index is 1.24. The monoisotopic (exact) mass is 456 g/mol. The molecule has 0 radical (unpaired) electrons. The minimum Gasteiger partial charge on any atom is -0.460 e. The normalized spacial score (nSPS) is 17.5. The van der Waals surface area contributed by atoms with Crippen molar-refractivity contribution in [2.24, 2.45) is 0 Å². The highest BCUT2D eigenvalue weighted by molar-refractivity contribution is 6.30. The fraction of sp³-hybridized carbons (Fsp3) is 0.250. The Morgan fingerprint density at radius 3 is 2.70 bits per heavy atom. The van der Waals surface area contributed by atoms with Crippen LogP contribution in [0.15, 0.2) is 72.6 Å². The van der Waals surface area contributed by atoms with Gasteiger partial charge >= 0.3 is 0 Å². The van der Waals surface area contributed by atoms with E-state index in [1.54, 1.807) is 0 Å². The molecule has 3 aromatic rings. The van der Waals surface area contributed by atoms with E-state index in [9.17, 15) is 5.11 Å². The zero-order chi connectivity index (χ0) is 22.6. The summed E-state index contributed by atoms with van der Waals surface area (Å²) in [7, 11) is 0. The number of fused-ring (bicyclic) bond motifs is 1. The van der Waals surface area contributed by atoms with E-state index in [-0.39, 0.29) is 12.6 Å². The number of pyridine rings is 1. The lowest BCUT2D eigenvalue weighted by atomic mass is 10.0. The van der Waals surface area contributed by atoms with Crippen LogP contribution < -0.4 is 4.74 Å². The number of aliphatic hydroxyl groups excluding tert-OH is 1. The van der Waals surface area contributed by atoms with Crippen LogP contribution >= 0.6 is 11.6 Å². The smallest absolute Gasteiger partial charge is 0.130 e. The van der Waals surface area contributed by atoms with Gasteiger partial charge in [-0.2, -0.15) is 0 Å². The highest BCUT2D eigenvalue weighted by atomic mass is 35.5. The fourth-order valence-corrected chi connectivity index (χ4v) is 4.47. The van der Waals surface area contributed by atoms with E-state index in [1.165, 1.54) is 0 Å². The molecule has 4 nitrogen and oxygen atoms in total. The maximum atomic E-state index is 9.54. The van der Waals surface area contributed by atoms with Gasteiger partial charge in [0.2, 0.25) is 0 Å². The Labute approximate surface area is 199 Å². The summed E-state index contributed by atoms with van der Waals surface area (Å²) in [5, 5.41) is 10.3. The van der Waals surface area contributed by atoms with Gasteiger partial charge in [-0.05, 0) is 85.3 Å². The summed E-state index contributed by atoms with van der Waals surface area (Å²) in [6, 6.07) is 18.0. The molecule has 5 heteroatoms. The first kappa shape index (κ1) is 21.7. The van der Waals surface area contributed by atoms with Crippen LogP contribution in [0.4, 0.5) is 0 Å². The average Bonchev–Trinajstić information content (AvgIpc) is 3.30. The Bertz CT molecular complexity index is 1220. The summed E-state index contributed by atoms with van der Waals surface area (Å²) >= 11 is 5.97. The van der Waals surface area contributed by atoms with E-state index in [2.05, 4.69) is 33.9 Å². The van der Waals surface area contributed by atoms with Gasteiger partial charge in [-0.1, -0.05) is 35.7 Å². The zero-order valence-electron chi connectivity index (χ0n) is 18.3. The Hall–Kier alpha value is -3.10. The molecule has 2 aliphatic heterocycles. The van der Waals surface area contributed by atoms with Crippen molar-refractivity contribution >= 4 is 11.6 Å². The average molecular weight is 457 g/mol. The molecule has 2 aromatic carbocycles. The van der Waals surface area contributed by atoms with E-state index >= 15 is 0 Å². The van der Waals surface area contributed by atoms with Gasteiger partial charge in [-0.25, -0.2) is 4.98 Å². The predicted octanol–water partition coefficient (Wildman–Crippen LogP) is 5.08. The first-order valence-electron chi connectivity index (χ1n) is 11.3. The van der Waals surface area contributed by atoms with E-state index in [0.29, 0.717) is 0 Å². The standard InChI is InChI=1S/C28H25ClN2O2/c29-24-9-5-21(6-10-24)23-7-12-25(30-17-23)11-3-20-4-14-28-22(16-20)8-13-27(33-28)18-31-15-1-2-26(31)19-32/h4-7,9-10,12-14,16-17,26,32H,1-2,8,15,18-19H2/t26-/m0/s1. The molecule has 3 heterocycles. The van der Waals surface area contributed by atoms with Crippen molar-refractivity contribution in [1.82, 2.24) is 9.88 Å². The number of allylic oxidation sites excluding steroid dienone is 1. The number of aromatic nitrogens is 1. The third-order valence-corrected chi connectivity index (χ3v) is 6.45. The summed E-state index contributed by atoms with van der Waals surface area (Å²) in [6.07, 6.45) is 6.99. The van der Waals surface area contributed by atoms with Crippen molar-refractivity contribution in [2.45, 2.75) is 25.3 Å². The number of hydrogen-bond donors (Lipinski definition) is 1. The Morgan fingerprint density at radius 1 is 1.06 bits per heavy atom. The summed E-state index contributed by atoms with van der Waals surface area (Å²) in [4.78, 5) is 6.80. The highest BCUT2D eigenvalue weighted by Crippen LogP contribution is 2.29. The molecule has 0 bridgehead atoms. The molecule has 2 aliphatic rings. The number of nitrogens with zero attached hydrogens (tertiary/aromatic N) is 2. The van der Waals surface area contributed by atoms with Gasteiger partial charge in [0.25, 0.3) is 0 Å². The van der Waals surface area contributed by atoms with Crippen molar-refractivity contribution in [3.05, 3.63) is 94.5 Å². The van der Waals surface area contributed by atoms with E-state index in [0.717, 1.165) is 76.8 Å².